The fourth-order valence-electron chi connectivity index (χ4n) is 3.38. The van der Waals surface area contributed by atoms with Crippen molar-refractivity contribution in [3.8, 4) is 0 Å². The summed E-state index contributed by atoms with van der Waals surface area (Å²) in [6.07, 6.45) is 5.19. The summed E-state index contributed by atoms with van der Waals surface area (Å²) >= 11 is 3.52. The minimum Gasteiger partial charge on any atom is -0.336 e. The third-order valence-electron chi connectivity index (χ3n) is 4.39. The molecule has 3 nitrogen and oxygen atoms in total. The molecule has 2 fully saturated rings. The van der Waals surface area contributed by atoms with Gasteiger partial charge in [0.05, 0.1) is 6.04 Å². The molecule has 2 atom stereocenters. The van der Waals surface area contributed by atoms with Gasteiger partial charge < -0.3 is 10.2 Å². The number of nitrogens with one attached hydrogen (secondary N) is 1. The molecular formula is C16H21BrN2O. The van der Waals surface area contributed by atoms with Gasteiger partial charge in [-0.25, -0.2) is 0 Å². The van der Waals surface area contributed by atoms with Crippen molar-refractivity contribution >= 4 is 21.8 Å². The SMILES string of the molecule is O=C(CC1CCCN1)N1CCCC1c1cccc(Br)c1. The van der Waals surface area contributed by atoms with Crippen molar-refractivity contribution in [2.24, 2.45) is 0 Å². The molecule has 0 aliphatic carbocycles. The second-order valence-corrected chi connectivity index (χ2v) is 6.71. The van der Waals surface area contributed by atoms with Gasteiger partial charge in [0.2, 0.25) is 5.91 Å². The zero-order valence-corrected chi connectivity index (χ0v) is 13.2. The van der Waals surface area contributed by atoms with E-state index in [4.69, 9.17) is 0 Å². The van der Waals surface area contributed by atoms with Crippen LogP contribution in [0.2, 0.25) is 0 Å². The van der Waals surface area contributed by atoms with E-state index in [1.165, 1.54) is 12.0 Å². The van der Waals surface area contributed by atoms with Crippen LogP contribution < -0.4 is 5.32 Å². The van der Waals surface area contributed by atoms with Crippen LogP contribution in [0.5, 0.6) is 0 Å². The molecular weight excluding hydrogens is 316 g/mol. The standard InChI is InChI=1S/C16H21BrN2O/c17-13-5-1-4-12(10-13)15-7-3-9-19(15)16(20)11-14-6-2-8-18-14/h1,4-5,10,14-15,18H,2-3,6-9,11H2. The number of benzene rings is 1. The first-order valence-corrected chi connectivity index (χ1v) is 8.31. The van der Waals surface area contributed by atoms with Gasteiger partial charge in [0.1, 0.15) is 0 Å². The largest absolute Gasteiger partial charge is 0.336 e. The number of halogens is 1. The molecule has 108 valence electrons. The summed E-state index contributed by atoms with van der Waals surface area (Å²) in [4.78, 5) is 14.6. The van der Waals surface area contributed by atoms with E-state index < -0.39 is 0 Å². The smallest absolute Gasteiger partial charge is 0.224 e. The highest BCUT2D eigenvalue weighted by Gasteiger charge is 2.31. The molecule has 0 aromatic heterocycles. The van der Waals surface area contributed by atoms with E-state index in [1.807, 2.05) is 6.07 Å². The maximum Gasteiger partial charge on any atom is 0.224 e. The Bertz CT molecular complexity index is 485. The average molecular weight is 337 g/mol. The fraction of sp³-hybridized carbons (Fsp3) is 0.562. The highest BCUT2D eigenvalue weighted by Crippen LogP contribution is 2.33. The zero-order valence-electron chi connectivity index (χ0n) is 11.6. The summed E-state index contributed by atoms with van der Waals surface area (Å²) in [7, 11) is 0. The summed E-state index contributed by atoms with van der Waals surface area (Å²) in [5.74, 6) is 0.312. The van der Waals surface area contributed by atoms with Crippen molar-refractivity contribution < 1.29 is 4.79 Å². The molecule has 2 saturated heterocycles. The third-order valence-corrected chi connectivity index (χ3v) is 4.88. The van der Waals surface area contributed by atoms with Crippen molar-refractivity contribution in [2.45, 2.75) is 44.2 Å². The number of amides is 1. The molecule has 1 amide bonds. The van der Waals surface area contributed by atoms with Crippen LogP contribution in [0, 0.1) is 0 Å². The molecule has 0 bridgehead atoms. The van der Waals surface area contributed by atoms with Gasteiger partial charge in [0, 0.05) is 23.5 Å². The lowest BCUT2D eigenvalue weighted by atomic mass is 10.0. The molecule has 1 aromatic carbocycles. The van der Waals surface area contributed by atoms with E-state index in [0.717, 1.165) is 36.8 Å². The van der Waals surface area contributed by atoms with E-state index in [0.29, 0.717) is 18.4 Å². The van der Waals surface area contributed by atoms with Gasteiger partial charge in [-0.1, -0.05) is 28.1 Å². The first kappa shape index (κ1) is 14.1. The summed E-state index contributed by atoms with van der Waals surface area (Å²) in [6, 6.07) is 9.03. The lowest BCUT2D eigenvalue weighted by Gasteiger charge is -2.26. The molecule has 0 spiro atoms. The van der Waals surface area contributed by atoms with E-state index >= 15 is 0 Å². The Morgan fingerprint density at radius 3 is 3.00 bits per heavy atom. The van der Waals surface area contributed by atoms with Gasteiger partial charge in [-0.05, 0) is 49.9 Å². The fourth-order valence-corrected chi connectivity index (χ4v) is 3.80. The molecule has 0 radical (unpaired) electrons. The Morgan fingerprint density at radius 2 is 2.25 bits per heavy atom. The van der Waals surface area contributed by atoms with Crippen LogP contribution in [0.15, 0.2) is 28.7 Å². The first-order chi connectivity index (χ1) is 9.74. The Balaban J connectivity index is 1.70. The molecule has 2 heterocycles. The second-order valence-electron chi connectivity index (χ2n) is 5.80. The summed E-state index contributed by atoms with van der Waals surface area (Å²) in [6.45, 7) is 1.97. The molecule has 1 N–H and O–H groups in total. The van der Waals surface area contributed by atoms with Crippen LogP contribution in [0.4, 0.5) is 0 Å². The van der Waals surface area contributed by atoms with Crippen molar-refractivity contribution in [3.63, 3.8) is 0 Å². The van der Waals surface area contributed by atoms with Crippen LogP contribution in [-0.2, 0) is 4.79 Å². The Labute approximate surface area is 128 Å². The molecule has 2 unspecified atom stereocenters. The predicted molar refractivity (Wildman–Crippen MR) is 83.5 cm³/mol. The number of likely N-dealkylation sites (tertiary alicyclic amines) is 1. The van der Waals surface area contributed by atoms with E-state index in [1.54, 1.807) is 0 Å². The number of carbonyl (C=O) groups excluding carboxylic acids is 1. The number of hydrogen-bond acceptors (Lipinski definition) is 2. The van der Waals surface area contributed by atoms with Crippen molar-refractivity contribution in [2.75, 3.05) is 13.1 Å². The van der Waals surface area contributed by atoms with Gasteiger partial charge in [-0.15, -0.1) is 0 Å². The monoisotopic (exact) mass is 336 g/mol. The number of carbonyl (C=O) groups is 1. The second kappa shape index (κ2) is 6.27. The minimum absolute atomic E-state index is 0.265. The van der Waals surface area contributed by atoms with Crippen molar-refractivity contribution in [1.29, 1.82) is 0 Å². The molecule has 2 aliphatic heterocycles. The molecule has 0 saturated carbocycles. The lowest BCUT2D eigenvalue weighted by Crippen LogP contribution is -2.35. The molecule has 20 heavy (non-hydrogen) atoms. The highest BCUT2D eigenvalue weighted by molar-refractivity contribution is 9.10. The summed E-state index contributed by atoms with van der Waals surface area (Å²) in [5, 5.41) is 3.42. The van der Waals surface area contributed by atoms with Crippen LogP contribution in [0.25, 0.3) is 0 Å². The molecule has 4 heteroatoms. The van der Waals surface area contributed by atoms with Gasteiger partial charge >= 0.3 is 0 Å². The van der Waals surface area contributed by atoms with Crippen molar-refractivity contribution in [3.05, 3.63) is 34.3 Å². The maximum absolute atomic E-state index is 12.5. The summed E-state index contributed by atoms with van der Waals surface area (Å²) < 4.78 is 1.09. The quantitative estimate of drug-likeness (QED) is 0.918. The lowest BCUT2D eigenvalue weighted by molar-refractivity contribution is -0.132. The van der Waals surface area contributed by atoms with Crippen LogP contribution in [0.1, 0.15) is 43.7 Å². The Hall–Kier alpha value is -0.870. The number of hydrogen-bond donors (Lipinski definition) is 1. The average Bonchev–Trinajstić information content (AvgIpc) is 3.09. The third kappa shape index (κ3) is 3.07. The van der Waals surface area contributed by atoms with E-state index in [-0.39, 0.29) is 6.04 Å². The van der Waals surface area contributed by atoms with Crippen LogP contribution >= 0.6 is 15.9 Å². The molecule has 1 aromatic rings. The van der Waals surface area contributed by atoms with Gasteiger partial charge in [0.15, 0.2) is 0 Å². The van der Waals surface area contributed by atoms with E-state index in [2.05, 4.69) is 44.3 Å². The van der Waals surface area contributed by atoms with Crippen molar-refractivity contribution in [1.82, 2.24) is 10.2 Å². The highest BCUT2D eigenvalue weighted by atomic mass is 79.9. The van der Waals surface area contributed by atoms with E-state index in [9.17, 15) is 4.79 Å². The maximum atomic E-state index is 12.5. The topological polar surface area (TPSA) is 32.3 Å². The molecule has 2 aliphatic rings. The molecule has 3 rings (SSSR count). The minimum atomic E-state index is 0.265. The van der Waals surface area contributed by atoms with Gasteiger partial charge in [-0.2, -0.15) is 0 Å². The Morgan fingerprint density at radius 1 is 1.35 bits per heavy atom. The zero-order chi connectivity index (χ0) is 13.9. The predicted octanol–water partition coefficient (Wildman–Crippen LogP) is 3.25. The van der Waals surface area contributed by atoms with Crippen LogP contribution in [0.3, 0.4) is 0 Å². The number of rotatable bonds is 3. The van der Waals surface area contributed by atoms with Crippen LogP contribution in [-0.4, -0.2) is 29.9 Å². The Kier molecular flexibility index (Phi) is 4.41. The van der Waals surface area contributed by atoms with Gasteiger partial charge in [0.25, 0.3) is 0 Å². The summed E-state index contributed by atoms with van der Waals surface area (Å²) in [5.41, 5.74) is 1.25. The normalized spacial score (nSPS) is 26.1. The van der Waals surface area contributed by atoms with Gasteiger partial charge in [-0.3, -0.25) is 4.79 Å². The number of nitrogens with zero attached hydrogens (tertiary/aromatic N) is 1. The first-order valence-electron chi connectivity index (χ1n) is 7.52.